The van der Waals surface area contributed by atoms with Gasteiger partial charge in [0.1, 0.15) is 5.82 Å². The van der Waals surface area contributed by atoms with Crippen molar-refractivity contribution in [2.24, 2.45) is 0 Å². The minimum atomic E-state index is 0.931. The predicted molar refractivity (Wildman–Crippen MR) is 159 cm³/mol. The summed E-state index contributed by atoms with van der Waals surface area (Å²) in [6.45, 7) is 0. The molecule has 0 N–H and O–H groups in total. The van der Waals surface area contributed by atoms with Gasteiger partial charge in [-0.05, 0) is 83.6 Å². The van der Waals surface area contributed by atoms with E-state index in [1.807, 2.05) is 12.1 Å². The van der Waals surface area contributed by atoms with E-state index in [0.717, 1.165) is 45.2 Å². The molecule has 38 heavy (non-hydrogen) atoms. The predicted octanol–water partition coefficient (Wildman–Crippen LogP) is 9.32. The maximum absolute atomic E-state index is 5.03. The van der Waals surface area contributed by atoms with Gasteiger partial charge in [-0.1, -0.05) is 78.9 Å². The first kappa shape index (κ1) is 22.1. The molecule has 6 aromatic carbocycles. The Labute approximate surface area is 221 Å². The average Bonchev–Trinajstić information content (AvgIpc) is 3.38. The third kappa shape index (κ3) is 3.91. The second-order valence-electron chi connectivity index (χ2n) is 9.34. The van der Waals surface area contributed by atoms with Gasteiger partial charge in [-0.25, -0.2) is 4.98 Å². The van der Waals surface area contributed by atoms with Crippen molar-refractivity contribution in [2.75, 3.05) is 4.90 Å². The average molecular weight is 488 g/mol. The maximum Gasteiger partial charge on any atom is 0.145 e. The Bertz CT molecular complexity index is 1850. The number of rotatable bonds is 5. The largest absolute Gasteiger partial charge is 0.310 e. The number of fused-ring (bicyclic) bond motifs is 2. The van der Waals surface area contributed by atoms with Crippen LogP contribution < -0.4 is 4.90 Å². The zero-order valence-corrected chi connectivity index (χ0v) is 20.8. The van der Waals surface area contributed by atoms with Crippen molar-refractivity contribution >= 4 is 38.9 Å². The first-order chi connectivity index (χ1) is 18.8. The second-order valence-corrected chi connectivity index (χ2v) is 9.34. The van der Waals surface area contributed by atoms with Gasteiger partial charge in [0.2, 0.25) is 0 Å². The zero-order chi connectivity index (χ0) is 25.3. The van der Waals surface area contributed by atoms with Gasteiger partial charge in [-0.15, -0.1) is 0 Å². The SMILES string of the molecule is c1ccc(N(c2ccc(-c3nc4ccccc4n3-c3ccccc3)cc2)c2ccc3ccccc3c2)cc1. The number of anilines is 3. The first-order valence-electron chi connectivity index (χ1n) is 12.8. The smallest absolute Gasteiger partial charge is 0.145 e. The highest BCUT2D eigenvalue weighted by molar-refractivity contribution is 5.89. The molecule has 1 aromatic heterocycles. The van der Waals surface area contributed by atoms with Crippen LogP contribution in [0.4, 0.5) is 17.1 Å². The lowest BCUT2D eigenvalue weighted by molar-refractivity contribution is 1.10. The highest BCUT2D eigenvalue weighted by atomic mass is 15.1. The molecule has 0 amide bonds. The highest BCUT2D eigenvalue weighted by Gasteiger charge is 2.16. The number of imidazole rings is 1. The lowest BCUT2D eigenvalue weighted by atomic mass is 10.1. The van der Waals surface area contributed by atoms with Crippen LogP contribution in [0.2, 0.25) is 0 Å². The van der Waals surface area contributed by atoms with Crippen LogP contribution in [0, 0.1) is 0 Å². The van der Waals surface area contributed by atoms with E-state index in [0.29, 0.717) is 0 Å². The Balaban J connectivity index is 1.35. The Morgan fingerprint density at radius 3 is 1.87 bits per heavy atom. The van der Waals surface area contributed by atoms with Gasteiger partial charge in [-0.2, -0.15) is 0 Å². The van der Waals surface area contributed by atoms with Crippen LogP contribution in [-0.2, 0) is 0 Å². The van der Waals surface area contributed by atoms with Crippen molar-refractivity contribution < 1.29 is 0 Å². The van der Waals surface area contributed by atoms with Crippen molar-refractivity contribution in [1.82, 2.24) is 9.55 Å². The molecule has 3 heteroatoms. The molecule has 0 aliphatic heterocycles. The van der Waals surface area contributed by atoms with Crippen LogP contribution in [0.1, 0.15) is 0 Å². The third-order valence-electron chi connectivity index (χ3n) is 6.96. The van der Waals surface area contributed by atoms with Crippen LogP contribution in [0.15, 0.2) is 152 Å². The molecule has 0 bridgehead atoms. The number of hydrogen-bond donors (Lipinski definition) is 0. The quantitative estimate of drug-likeness (QED) is 0.241. The van der Waals surface area contributed by atoms with Crippen molar-refractivity contribution in [3.63, 3.8) is 0 Å². The second kappa shape index (κ2) is 9.38. The van der Waals surface area contributed by atoms with Crippen molar-refractivity contribution in [3.8, 4) is 17.1 Å². The Morgan fingerprint density at radius 1 is 0.474 bits per heavy atom. The number of nitrogens with zero attached hydrogens (tertiary/aromatic N) is 3. The van der Waals surface area contributed by atoms with Crippen molar-refractivity contribution in [3.05, 3.63) is 152 Å². The van der Waals surface area contributed by atoms with E-state index in [9.17, 15) is 0 Å². The fourth-order valence-electron chi connectivity index (χ4n) is 5.16. The molecule has 0 aliphatic carbocycles. The van der Waals surface area contributed by atoms with Crippen LogP contribution >= 0.6 is 0 Å². The molecule has 7 aromatic rings. The molecule has 0 radical (unpaired) electrons. The highest BCUT2D eigenvalue weighted by Crippen LogP contribution is 2.37. The van der Waals surface area contributed by atoms with Crippen LogP contribution in [0.5, 0.6) is 0 Å². The van der Waals surface area contributed by atoms with Gasteiger partial charge in [0, 0.05) is 28.3 Å². The molecule has 0 fully saturated rings. The molecule has 0 saturated heterocycles. The molecule has 3 nitrogen and oxygen atoms in total. The Hall–Kier alpha value is -5.15. The molecular formula is C35H25N3. The van der Waals surface area contributed by atoms with E-state index >= 15 is 0 Å². The Morgan fingerprint density at radius 2 is 1.08 bits per heavy atom. The normalized spacial score (nSPS) is 11.2. The fraction of sp³-hybridized carbons (Fsp3) is 0. The minimum absolute atomic E-state index is 0.931. The number of aromatic nitrogens is 2. The van der Waals surface area contributed by atoms with Crippen LogP contribution in [0.3, 0.4) is 0 Å². The fourth-order valence-corrected chi connectivity index (χ4v) is 5.16. The minimum Gasteiger partial charge on any atom is -0.310 e. The monoisotopic (exact) mass is 487 g/mol. The van der Waals surface area contributed by atoms with Crippen molar-refractivity contribution in [2.45, 2.75) is 0 Å². The van der Waals surface area contributed by atoms with E-state index in [2.05, 4.69) is 149 Å². The molecule has 0 unspecified atom stereocenters. The topological polar surface area (TPSA) is 21.1 Å². The number of hydrogen-bond acceptors (Lipinski definition) is 2. The summed E-state index contributed by atoms with van der Waals surface area (Å²) in [5.41, 5.74) is 7.59. The van der Waals surface area contributed by atoms with Gasteiger partial charge in [-0.3, -0.25) is 4.57 Å². The number of para-hydroxylation sites is 4. The number of benzene rings is 6. The van der Waals surface area contributed by atoms with Gasteiger partial charge in [0.15, 0.2) is 0 Å². The zero-order valence-electron chi connectivity index (χ0n) is 20.8. The summed E-state index contributed by atoms with van der Waals surface area (Å²) in [5, 5.41) is 2.46. The Kier molecular flexibility index (Phi) is 5.45. The van der Waals surface area contributed by atoms with E-state index in [-0.39, 0.29) is 0 Å². The molecule has 0 aliphatic rings. The lowest BCUT2D eigenvalue weighted by Gasteiger charge is -2.26. The summed E-state index contributed by atoms with van der Waals surface area (Å²) in [5.74, 6) is 0.931. The summed E-state index contributed by atoms with van der Waals surface area (Å²) in [6.07, 6.45) is 0. The van der Waals surface area contributed by atoms with Gasteiger partial charge in [0.25, 0.3) is 0 Å². The summed E-state index contributed by atoms with van der Waals surface area (Å²) < 4.78 is 2.24. The summed E-state index contributed by atoms with van der Waals surface area (Å²) >= 11 is 0. The van der Waals surface area contributed by atoms with E-state index in [4.69, 9.17) is 4.98 Å². The summed E-state index contributed by atoms with van der Waals surface area (Å²) in [4.78, 5) is 7.34. The molecule has 0 spiro atoms. The molecular weight excluding hydrogens is 462 g/mol. The van der Waals surface area contributed by atoms with Gasteiger partial charge >= 0.3 is 0 Å². The summed E-state index contributed by atoms with van der Waals surface area (Å²) in [6, 6.07) is 53.1. The summed E-state index contributed by atoms with van der Waals surface area (Å²) in [7, 11) is 0. The first-order valence-corrected chi connectivity index (χ1v) is 12.8. The van der Waals surface area contributed by atoms with Gasteiger partial charge < -0.3 is 4.90 Å². The molecule has 0 atom stereocenters. The van der Waals surface area contributed by atoms with E-state index in [1.165, 1.54) is 10.8 Å². The standard InChI is InChI=1S/C35H25N3/c1-3-13-29(14-4-1)37(32-24-19-26-11-7-8-12-28(26)25-32)31-22-20-27(21-23-31)35-36-33-17-9-10-18-34(33)38(35)30-15-5-2-6-16-30/h1-25H. The van der Waals surface area contributed by atoms with Crippen LogP contribution in [0.25, 0.3) is 38.9 Å². The van der Waals surface area contributed by atoms with Crippen LogP contribution in [-0.4, -0.2) is 9.55 Å². The van der Waals surface area contributed by atoms with E-state index in [1.54, 1.807) is 0 Å². The third-order valence-corrected chi connectivity index (χ3v) is 6.96. The maximum atomic E-state index is 5.03. The molecule has 0 saturated carbocycles. The molecule has 180 valence electrons. The lowest BCUT2D eigenvalue weighted by Crippen LogP contribution is -2.09. The van der Waals surface area contributed by atoms with Crippen molar-refractivity contribution in [1.29, 1.82) is 0 Å². The van der Waals surface area contributed by atoms with Gasteiger partial charge in [0.05, 0.1) is 11.0 Å². The molecule has 1 heterocycles. The molecule has 7 rings (SSSR count). The van der Waals surface area contributed by atoms with E-state index < -0.39 is 0 Å².